The molecule has 0 aliphatic heterocycles. The number of rotatable bonds is 11. The van der Waals surface area contributed by atoms with Gasteiger partial charge in [0.1, 0.15) is 24.2 Å². The fourth-order valence-corrected chi connectivity index (χ4v) is 5.76. The van der Waals surface area contributed by atoms with E-state index in [2.05, 4.69) is 5.32 Å². The van der Waals surface area contributed by atoms with Gasteiger partial charge in [0, 0.05) is 12.1 Å². The normalized spacial score (nSPS) is 12.4. The van der Waals surface area contributed by atoms with Crippen molar-refractivity contribution in [3.05, 3.63) is 88.2 Å². The van der Waals surface area contributed by atoms with Crippen molar-refractivity contribution >= 4 is 50.7 Å². The topological polar surface area (TPSA) is 96.0 Å². The second-order valence-corrected chi connectivity index (χ2v) is 13.3. The Morgan fingerprint density at radius 1 is 0.976 bits per heavy atom. The van der Waals surface area contributed by atoms with Gasteiger partial charge in [-0.3, -0.25) is 13.9 Å². The lowest BCUT2D eigenvalue weighted by Crippen LogP contribution is -2.54. The number of nitrogens with zero attached hydrogens (tertiary/aromatic N) is 2. The number of anilines is 1. The van der Waals surface area contributed by atoms with E-state index in [-0.39, 0.29) is 22.2 Å². The van der Waals surface area contributed by atoms with Crippen LogP contribution in [0.25, 0.3) is 0 Å². The van der Waals surface area contributed by atoms with Gasteiger partial charge in [-0.15, -0.1) is 0 Å². The van der Waals surface area contributed by atoms with E-state index in [9.17, 15) is 22.4 Å². The molecule has 226 valence electrons. The van der Waals surface area contributed by atoms with Gasteiger partial charge in [-0.1, -0.05) is 29.3 Å². The van der Waals surface area contributed by atoms with E-state index in [4.69, 9.17) is 27.9 Å². The second kappa shape index (κ2) is 13.8. The lowest BCUT2D eigenvalue weighted by atomic mass is 10.1. The molecule has 1 N–H and O–H groups in total. The highest BCUT2D eigenvalue weighted by Gasteiger charge is 2.33. The van der Waals surface area contributed by atoms with Gasteiger partial charge >= 0.3 is 0 Å². The number of hydrogen-bond acceptors (Lipinski definition) is 5. The first-order chi connectivity index (χ1) is 19.6. The van der Waals surface area contributed by atoms with Gasteiger partial charge in [-0.05, 0) is 101 Å². The van der Waals surface area contributed by atoms with Gasteiger partial charge < -0.3 is 15.0 Å². The van der Waals surface area contributed by atoms with E-state index in [0.717, 1.165) is 28.6 Å². The van der Waals surface area contributed by atoms with Gasteiger partial charge in [0.05, 0.1) is 27.2 Å². The molecule has 42 heavy (non-hydrogen) atoms. The molecule has 2 amide bonds. The molecule has 0 aromatic heterocycles. The molecule has 3 aromatic carbocycles. The molecule has 0 aliphatic rings. The van der Waals surface area contributed by atoms with Gasteiger partial charge in [0.15, 0.2) is 0 Å². The molecular weight excluding hydrogens is 604 g/mol. The number of benzene rings is 3. The third kappa shape index (κ3) is 8.59. The summed E-state index contributed by atoms with van der Waals surface area (Å²) in [4.78, 5) is 28.3. The Labute approximate surface area is 256 Å². The van der Waals surface area contributed by atoms with Crippen molar-refractivity contribution in [3.63, 3.8) is 0 Å². The van der Waals surface area contributed by atoms with Crippen molar-refractivity contribution in [2.24, 2.45) is 0 Å². The zero-order valence-corrected chi connectivity index (χ0v) is 26.4. The van der Waals surface area contributed by atoms with Crippen LogP contribution in [0, 0.1) is 5.82 Å². The monoisotopic (exact) mass is 637 g/mol. The molecule has 0 saturated carbocycles. The summed E-state index contributed by atoms with van der Waals surface area (Å²) in [5, 5.41) is 3.45. The summed E-state index contributed by atoms with van der Waals surface area (Å²) in [6.45, 7) is 8.52. The lowest BCUT2D eigenvalue weighted by Gasteiger charge is -2.33. The van der Waals surface area contributed by atoms with Crippen molar-refractivity contribution in [2.45, 2.75) is 57.6 Å². The number of ether oxygens (including phenoxy) is 1. The van der Waals surface area contributed by atoms with E-state index in [1.807, 2.05) is 27.7 Å². The average Bonchev–Trinajstić information content (AvgIpc) is 2.91. The summed E-state index contributed by atoms with van der Waals surface area (Å²) in [6.07, 6.45) is 0. The van der Waals surface area contributed by atoms with E-state index in [1.54, 1.807) is 37.3 Å². The fourth-order valence-electron chi connectivity index (χ4n) is 4.03. The number of halogens is 3. The maximum absolute atomic E-state index is 14.0. The number of carbonyl (C=O) groups is 2. The molecule has 0 spiro atoms. The highest BCUT2D eigenvalue weighted by atomic mass is 35.5. The lowest BCUT2D eigenvalue weighted by molar-refractivity contribution is -0.140. The number of nitrogens with one attached hydrogen (secondary N) is 1. The average molecular weight is 639 g/mol. The summed E-state index contributed by atoms with van der Waals surface area (Å²) in [7, 11) is -4.35. The standard InChI is InChI=1S/C30H34Cl2FN3O5S/c1-6-41-24-12-10-23(11-13-24)36(42(39,40)25-14-8-22(33)9-15-25)19-28(37)35(20(2)29(38)34-30(3,4)5)18-21-7-16-26(31)27(32)17-21/h7-17,20H,6,18-19H2,1-5H3,(H,34,38)/t20-/m0/s1. The SMILES string of the molecule is CCOc1ccc(N(CC(=O)N(Cc2ccc(Cl)c(Cl)c2)[C@@H](C)C(=O)NC(C)(C)C)S(=O)(=O)c2ccc(F)cc2)cc1. The van der Waals surface area contributed by atoms with Crippen molar-refractivity contribution in [2.75, 3.05) is 17.5 Å². The van der Waals surface area contributed by atoms with Crippen LogP contribution in [0.2, 0.25) is 10.0 Å². The first kappa shape index (κ1) is 33.2. The minimum atomic E-state index is -4.35. The molecule has 12 heteroatoms. The third-order valence-corrected chi connectivity index (χ3v) is 8.65. The number of amides is 2. The molecule has 0 saturated heterocycles. The smallest absolute Gasteiger partial charge is 0.264 e. The van der Waals surface area contributed by atoms with Crippen LogP contribution in [0.4, 0.5) is 10.1 Å². The zero-order chi connectivity index (χ0) is 31.2. The molecule has 0 heterocycles. The van der Waals surface area contributed by atoms with Crippen LogP contribution in [0.15, 0.2) is 71.6 Å². The Kier molecular flexibility index (Phi) is 10.9. The van der Waals surface area contributed by atoms with Crippen LogP contribution in [0.5, 0.6) is 5.75 Å². The molecule has 3 aromatic rings. The molecule has 8 nitrogen and oxygen atoms in total. The molecule has 3 rings (SSSR count). The minimum absolute atomic E-state index is 0.0534. The summed E-state index contributed by atoms with van der Waals surface area (Å²) in [5.41, 5.74) is 0.184. The van der Waals surface area contributed by atoms with Crippen LogP contribution in [-0.4, -0.2) is 49.9 Å². The Balaban J connectivity index is 2.05. The maximum atomic E-state index is 14.0. The van der Waals surface area contributed by atoms with Crippen molar-refractivity contribution < 1.29 is 27.1 Å². The first-order valence-electron chi connectivity index (χ1n) is 13.2. The predicted molar refractivity (Wildman–Crippen MR) is 163 cm³/mol. The van der Waals surface area contributed by atoms with Crippen molar-refractivity contribution in [3.8, 4) is 5.75 Å². The van der Waals surface area contributed by atoms with Crippen LogP contribution in [0.3, 0.4) is 0 Å². The van der Waals surface area contributed by atoms with E-state index >= 15 is 0 Å². The van der Waals surface area contributed by atoms with E-state index in [0.29, 0.717) is 22.9 Å². The quantitative estimate of drug-likeness (QED) is 0.276. The van der Waals surface area contributed by atoms with Crippen molar-refractivity contribution in [1.29, 1.82) is 0 Å². The molecule has 0 bridgehead atoms. The Hall–Kier alpha value is -3.34. The Bertz CT molecular complexity index is 1510. The molecule has 0 aliphatic carbocycles. The highest BCUT2D eigenvalue weighted by Crippen LogP contribution is 2.28. The predicted octanol–water partition coefficient (Wildman–Crippen LogP) is 6.06. The summed E-state index contributed by atoms with van der Waals surface area (Å²) >= 11 is 12.3. The van der Waals surface area contributed by atoms with Crippen LogP contribution < -0.4 is 14.4 Å². The van der Waals surface area contributed by atoms with Crippen molar-refractivity contribution in [1.82, 2.24) is 10.2 Å². The van der Waals surface area contributed by atoms with Gasteiger partial charge in [0.25, 0.3) is 10.0 Å². The van der Waals surface area contributed by atoms with E-state index in [1.165, 1.54) is 17.0 Å². The molecule has 0 unspecified atom stereocenters. The van der Waals surface area contributed by atoms with Crippen LogP contribution in [-0.2, 0) is 26.2 Å². The first-order valence-corrected chi connectivity index (χ1v) is 15.4. The van der Waals surface area contributed by atoms with Crippen LogP contribution in [0.1, 0.15) is 40.2 Å². The number of sulfonamides is 1. The second-order valence-electron chi connectivity index (χ2n) is 10.6. The number of carbonyl (C=O) groups excluding carboxylic acids is 2. The molecule has 0 radical (unpaired) electrons. The maximum Gasteiger partial charge on any atom is 0.264 e. The third-order valence-electron chi connectivity index (χ3n) is 6.12. The summed E-state index contributed by atoms with van der Waals surface area (Å²) in [6, 6.07) is 14.4. The largest absolute Gasteiger partial charge is 0.494 e. The summed E-state index contributed by atoms with van der Waals surface area (Å²) < 4.78 is 47.7. The summed E-state index contributed by atoms with van der Waals surface area (Å²) in [5.74, 6) is -1.17. The number of hydrogen-bond donors (Lipinski definition) is 1. The molecular formula is C30H34Cl2FN3O5S. The van der Waals surface area contributed by atoms with Crippen LogP contribution >= 0.6 is 23.2 Å². The minimum Gasteiger partial charge on any atom is -0.494 e. The fraction of sp³-hybridized carbons (Fsp3) is 0.333. The van der Waals surface area contributed by atoms with Gasteiger partial charge in [-0.25, -0.2) is 12.8 Å². The van der Waals surface area contributed by atoms with Gasteiger partial charge in [0.2, 0.25) is 11.8 Å². The van der Waals surface area contributed by atoms with Gasteiger partial charge in [-0.2, -0.15) is 0 Å². The highest BCUT2D eigenvalue weighted by molar-refractivity contribution is 7.92. The molecule has 0 fully saturated rings. The molecule has 1 atom stereocenters. The zero-order valence-electron chi connectivity index (χ0n) is 24.0. The Morgan fingerprint density at radius 3 is 2.14 bits per heavy atom. The van der Waals surface area contributed by atoms with E-state index < -0.39 is 45.8 Å². The Morgan fingerprint density at radius 2 is 1.60 bits per heavy atom.